The van der Waals surface area contributed by atoms with Gasteiger partial charge in [-0.25, -0.2) is 4.98 Å². The van der Waals surface area contributed by atoms with Gasteiger partial charge in [-0.1, -0.05) is 36.2 Å². The number of aliphatic hydroxyl groups is 1. The van der Waals surface area contributed by atoms with E-state index in [-0.39, 0.29) is 12.0 Å². The highest BCUT2D eigenvalue weighted by atomic mass is 35.5. The second-order valence-electron chi connectivity index (χ2n) is 6.95. The zero-order valence-electron chi connectivity index (χ0n) is 14.4. The Kier molecular flexibility index (Phi) is 4.83. The number of nitrogens with zero attached hydrogens (tertiary/aromatic N) is 2. The van der Waals surface area contributed by atoms with Crippen molar-refractivity contribution in [3.05, 3.63) is 58.4 Å². The molecule has 1 aliphatic carbocycles. The summed E-state index contributed by atoms with van der Waals surface area (Å²) in [6.45, 7) is 1.02. The number of hydrogen-bond acceptors (Lipinski definition) is 4. The van der Waals surface area contributed by atoms with Crippen LogP contribution in [0.1, 0.15) is 47.2 Å². The number of pyridine rings is 1. The molecule has 0 saturated heterocycles. The Hall–Kier alpha value is -2.11. The van der Waals surface area contributed by atoms with Gasteiger partial charge in [0.25, 0.3) is 5.91 Å². The molecule has 26 heavy (non-hydrogen) atoms. The quantitative estimate of drug-likeness (QED) is 0.833. The predicted octanol–water partition coefficient (Wildman–Crippen LogP) is 3.57. The van der Waals surface area contributed by atoms with Crippen LogP contribution in [-0.4, -0.2) is 33.1 Å². The predicted molar refractivity (Wildman–Crippen MR) is 98.2 cm³/mol. The number of aliphatic hydroxyl groups excluding tert-OH is 1. The summed E-state index contributed by atoms with van der Waals surface area (Å²) in [6.07, 6.45) is 4.62. The Bertz CT molecular complexity index is 809. The summed E-state index contributed by atoms with van der Waals surface area (Å²) in [5.74, 6) is 0.533. The van der Waals surface area contributed by atoms with Crippen molar-refractivity contribution in [3.63, 3.8) is 0 Å². The van der Waals surface area contributed by atoms with Gasteiger partial charge in [0.2, 0.25) is 0 Å². The summed E-state index contributed by atoms with van der Waals surface area (Å²) in [5.41, 5.74) is 2.51. The number of carbonyl (C=O) groups is 1. The van der Waals surface area contributed by atoms with E-state index in [2.05, 4.69) is 4.98 Å². The van der Waals surface area contributed by atoms with Crippen molar-refractivity contribution in [2.45, 2.75) is 51.0 Å². The van der Waals surface area contributed by atoms with Gasteiger partial charge in [0.15, 0.2) is 0 Å². The topological polar surface area (TPSA) is 62.7 Å². The maximum absolute atomic E-state index is 12.9. The van der Waals surface area contributed by atoms with E-state index in [9.17, 15) is 9.90 Å². The number of hydrogen-bond donors (Lipinski definition) is 1. The molecule has 1 fully saturated rings. The lowest BCUT2D eigenvalue weighted by Crippen LogP contribution is -2.35. The van der Waals surface area contributed by atoms with Crippen molar-refractivity contribution in [2.75, 3.05) is 0 Å². The van der Waals surface area contributed by atoms with Gasteiger partial charge in [-0.2, -0.15) is 0 Å². The average Bonchev–Trinajstić information content (AvgIpc) is 2.96. The fraction of sp³-hybridized carbons (Fsp3) is 0.400. The van der Waals surface area contributed by atoms with E-state index in [1.807, 2.05) is 24.3 Å². The summed E-state index contributed by atoms with van der Waals surface area (Å²) >= 11 is 5.83. The van der Waals surface area contributed by atoms with Gasteiger partial charge in [0.1, 0.15) is 17.0 Å². The minimum atomic E-state index is -0.465. The maximum Gasteiger partial charge on any atom is 0.258 e. The number of aromatic nitrogens is 1. The molecule has 2 heterocycles. The number of halogens is 1. The van der Waals surface area contributed by atoms with E-state index < -0.39 is 6.10 Å². The van der Waals surface area contributed by atoms with Crippen LogP contribution in [0.4, 0.5) is 0 Å². The largest absolute Gasteiger partial charge is 0.487 e. The lowest BCUT2D eigenvalue weighted by atomic mass is 9.94. The molecule has 2 aliphatic rings. The van der Waals surface area contributed by atoms with Crippen LogP contribution < -0.4 is 4.74 Å². The molecule has 0 bridgehead atoms. The average molecular weight is 373 g/mol. The molecule has 2 unspecified atom stereocenters. The van der Waals surface area contributed by atoms with Gasteiger partial charge in [-0.15, -0.1) is 0 Å². The van der Waals surface area contributed by atoms with E-state index >= 15 is 0 Å². The highest BCUT2D eigenvalue weighted by molar-refractivity contribution is 6.29. The van der Waals surface area contributed by atoms with E-state index in [0.717, 1.165) is 36.8 Å². The van der Waals surface area contributed by atoms with Crippen molar-refractivity contribution in [3.8, 4) is 5.75 Å². The van der Waals surface area contributed by atoms with Crippen LogP contribution >= 0.6 is 11.6 Å². The third-order valence-corrected chi connectivity index (χ3v) is 5.31. The molecular formula is C20H21ClN2O3. The molecule has 4 rings (SSSR count). The first-order valence-corrected chi connectivity index (χ1v) is 9.36. The Morgan fingerprint density at radius 3 is 2.85 bits per heavy atom. The normalized spacial score (nSPS) is 22.4. The highest BCUT2D eigenvalue weighted by Gasteiger charge is 2.33. The van der Waals surface area contributed by atoms with Crippen LogP contribution in [0.5, 0.6) is 5.75 Å². The van der Waals surface area contributed by atoms with Crippen molar-refractivity contribution in [1.82, 2.24) is 9.88 Å². The summed E-state index contributed by atoms with van der Waals surface area (Å²) in [5, 5.41) is 10.6. The molecule has 136 valence electrons. The van der Waals surface area contributed by atoms with Gasteiger partial charge in [0.05, 0.1) is 11.7 Å². The number of benzene rings is 1. The molecule has 5 nitrogen and oxygen atoms in total. The third kappa shape index (κ3) is 3.41. The van der Waals surface area contributed by atoms with Crippen LogP contribution in [-0.2, 0) is 13.1 Å². The SMILES string of the molecule is O=C1c2c(cccc2OC2CCCCC2O)CN1Cc1ccc(Cl)nc1. The van der Waals surface area contributed by atoms with Crippen molar-refractivity contribution in [1.29, 1.82) is 0 Å². The summed E-state index contributed by atoms with van der Waals surface area (Å²) in [4.78, 5) is 18.8. The van der Waals surface area contributed by atoms with Crippen LogP contribution in [0.3, 0.4) is 0 Å². The van der Waals surface area contributed by atoms with Gasteiger partial charge in [-0.05, 0) is 42.5 Å². The smallest absolute Gasteiger partial charge is 0.258 e. The summed E-state index contributed by atoms with van der Waals surface area (Å²) in [6, 6.07) is 9.29. The fourth-order valence-electron chi connectivity index (χ4n) is 3.71. The lowest BCUT2D eigenvalue weighted by Gasteiger charge is -2.28. The van der Waals surface area contributed by atoms with Crippen molar-refractivity contribution < 1.29 is 14.6 Å². The van der Waals surface area contributed by atoms with E-state index in [1.165, 1.54) is 0 Å². The fourth-order valence-corrected chi connectivity index (χ4v) is 3.82. The van der Waals surface area contributed by atoms with Gasteiger partial charge < -0.3 is 14.7 Å². The molecule has 1 aromatic carbocycles. The number of rotatable bonds is 4. The zero-order valence-corrected chi connectivity index (χ0v) is 15.2. The Balaban J connectivity index is 1.53. The van der Waals surface area contributed by atoms with Crippen LogP contribution in [0.2, 0.25) is 5.15 Å². The second kappa shape index (κ2) is 7.25. The molecular weight excluding hydrogens is 352 g/mol. The molecule has 2 atom stereocenters. The number of fused-ring (bicyclic) bond motifs is 1. The number of ether oxygens (including phenoxy) is 1. The van der Waals surface area contributed by atoms with Crippen molar-refractivity contribution >= 4 is 17.5 Å². The summed E-state index contributed by atoms with van der Waals surface area (Å²) in [7, 11) is 0. The number of amides is 1. The standard InChI is InChI=1S/C20H21ClN2O3/c21-18-9-8-13(10-22-18)11-23-12-14-4-3-7-17(19(14)20(23)25)26-16-6-2-1-5-15(16)24/h3-4,7-10,15-16,24H,1-2,5-6,11-12H2. The first-order valence-electron chi connectivity index (χ1n) is 8.98. The van der Waals surface area contributed by atoms with Crippen LogP contribution in [0.25, 0.3) is 0 Å². The molecule has 1 N–H and O–H groups in total. The van der Waals surface area contributed by atoms with E-state index in [0.29, 0.717) is 29.6 Å². The van der Waals surface area contributed by atoms with E-state index in [1.54, 1.807) is 17.2 Å². The molecule has 1 saturated carbocycles. The minimum absolute atomic E-state index is 0.0455. The second-order valence-corrected chi connectivity index (χ2v) is 7.34. The lowest BCUT2D eigenvalue weighted by molar-refractivity contribution is 0.00636. The van der Waals surface area contributed by atoms with Gasteiger partial charge in [0, 0.05) is 19.3 Å². The van der Waals surface area contributed by atoms with Crippen molar-refractivity contribution in [2.24, 2.45) is 0 Å². The van der Waals surface area contributed by atoms with Crippen LogP contribution in [0.15, 0.2) is 36.5 Å². The van der Waals surface area contributed by atoms with Gasteiger partial charge >= 0.3 is 0 Å². The molecule has 1 aromatic heterocycles. The molecule has 0 radical (unpaired) electrons. The molecule has 0 spiro atoms. The van der Waals surface area contributed by atoms with Crippen LogP contribution in [0, 0.1) is 0 Å². The first kappa shape index (κ1) is 17.3. The van der Waals surface area contributed by atoms with E-state index in [4.69, 9.17) is 16.3 Å². The maximum atomic E-state index is 12.9. The molecule has 1 amide bonds. The monoisotopic (exact) mass is 372 g/mol. The third-order valence-electron chi connectivity index (χ3n) is 5.08. The molecule has 2 aromatic rings. The molecule has 1 aliphatic heterocycles. The van der Waals surface area contributed by atoms with Gasteiger partial charge in [-0.3, -0.25) is 4.79 Å². The Morgan fingerprint density at radius 2 is 2.08 bits per heavy atom. The number of carbonyl (C=O) groups excluding carboxylic acids is 1. The Morgan fingerprint density at radius 1 is 1.23 bits per heavy atom. The molecule has 6 heteroatoms. The first-order chi connectivity index (χ1) is 12.6. The highest BCUT2D eigenvalue weighted by Crippen LogP contribution is 2.34. The minimum Gasteiger partial charge on any atom is -0.487 e. The summed E-state index contributed by atoms with van der Waals surface area (Å²) < 4.78 is 6.07. The Labute approximate surface area is 157 Å². The zero-order chi connectivity index (χ0) is 18.1.